The summed E-state index contributed by atoms with van der Waals surface area (Å²) >= 11 is 19.3. The molecule has 0 aromatic carbocycles. The van der Waals surface area contributed by atoms with Crippen LogP contribution in [0.1, 0.15) is 11.1 Å². The van der Waals surface area contributed by atoms with E-state index in [-0.39, 0.29) is 0 Å². The molecule has 2 aromatic rings. The lowest BCUT2D eigenvalue weighted by Gasteiger charge is -2.38. The van der Waals surface area contributed by atoms with Crippen molar-refractivity contribution in [1.29, 1.82) is 0 Å². The third-order valence-corrected chi connectivity index (χ3v) is 38.9. The van der Waals surface area contributed by atoms with E-state index < -0.39 is 8.88 Å². The summed E-state index contributed by atoms with van der Waals surface area (Å²) in [5.74, 6) is 0. The van der Waals surface area contributed by atoms with Gasteiger partial charge in [-0.15, -0.1) is 22.7 Å². The van der Waals surface area contributed by atoms with E-state index in [1.54, 1.807) is 0 Å². The van der Waals surface area contributed by atoms with Crippen molar-refractivity contribution in [1.82, 2.24) is 0 Å². The summed E-state index contributed by atoms with van der Waals surface area (Å²) in [6.07, 6.45) is 0. The molecule has 0 amide bonds. The summed E-state index contributed by atoms with van der Waals surface area (Å²) in [4.78, 5) is 0. The Hall–Kier alpha value is 1.40. The van der Waals surface area contributed by atoms with E-state index in [0.717, 1.165) is 0 Å². The smallest absolute Gasteiger partial charge is 0.106 e. The van der Waals surface area contributed by atoms with Gasteiger partial charge in [0.25, 0.3) is 0 Å². The van der Waals surface area contributed by atoms with Gasteiger partial charge in [0.05, 0.1) is 9.24 Å². The minimum absolute atomic E-state index is 1.33. The molecule has 0 radical (unpaired) electrons. The summed E-state index contributed by atoms with van der Waals surface area (Å²) in [5.41, 5.74) is 2.65. The lowest BCUT2D eigenvalue weighted by molar-refractivity contribution is 1.57. The Bertz CT molecular complexity index is 625. The molecule has 1 aliphatic heterocycles. The third-order valence-electron chi connectivity index (χ3n) is 2.40. The second-order valence-corrected chi connectivity index (χ2v) is 27.7. The lowest BCUT2D eigenvalue weighted by Crippen LogP contribution is -2.03. The fourth-order valence-electron chi connectivity index (χ4n) is 1.57. The second-order valence-electron chi connectivity index (χ2n) is 4.08. The Morgan fingerprint density at radius 1 is 0.833 bits per heavy atom. The van der Waals surface area contributed by atoms with Gasteiger partial charge >= 0.3 is 0 Å². The molecule has 96 valence electrons. The Morgan fingerprint density at radius 2 is 1.22 bits per heavy atom. The van der Waals surface area contributed by atoms with Crippen molar-refractivity contribution in [3.63, 3.8) is 0 Å². The molecule has 1 saturated heterocycles. The van der Waals surface area contributed by atoms with Crippen LogP contribution in [0, 0.1) is 13.8 Å². The molecule has 3 heterocycles. The van der Waals surface area contributed by atoms with E-state index in [4.69, 9.17) is 23.6 Å². The van der Waals surface area contributed by atoms with Crippen LogP contribution in [-0.4, -0.2) is 0 Å². The number of aryl methyl sites for hydroxylation is 2. The van der Waals surface area contributed by atoms with Gasteiger partial charge in [0.2, 0.25) is 0 Å². The summed E-state index contributed by atoms with van der Waals surface area (Å²) in [6.45, 7) is 4.27. The summed E-state index contributed by atoms with van der Waals surface area (Å²) in [7, 11) is 0. The van der Waals surface area contributed by atoms with Gasteiger partial charge in [0.1, 0.15) is 8.88 Å². The Morgan fingerprint density at radius 3 is 1.50 bits per heavy atom. The monoisotopic (exact) mass is 384 g/mol. The number of rotatable bonds is 2. The van der Waals surface area contributed by atoms with Crippen molar-refractivity contribution < 1.29 is 0 Å². The van der Waals surface area contributed by atoms with Gasteiger partial charge in [-0.25, -0.2) is 0 Å². The quantitative estimate of drug-likeness (QED) is 0.629. The Balaban J connectivity index is 1.88. The maximum absolute atomic E-state index is 5.88. The molecule has 0 saturated carbocycles. The average Bonchev–Trinajstić information content (AvgIpc) is 2.85. The average molecular weight is 385 g/mol. The van der Waals surface area contributed by atoms with Crippen LogP contribution < -0.4 is 9.24 Å². The van der Waals surface area contributed by atoms with Crippen molar-refractivity contribution in [3.05, 3.63) is 34.0 Å². The molecule has 0 nitrogen and oxygen atoms in total. The molecule has 8 heteroatoms. The molecule has 0 atom stereocenters. The van der Waals surface area contributed by atoms with Crippen molar-refractivity contribution in [2.75, 3.05) is 0 Å². The SMILES string of the molecule is Cc1csc(P2(=S)SP(=S)(c3cc(C)cs3)S2)c1. The first-order chi connectivity index (χ1) is 8.41. The molecule has 0 spiro atoms. The van der Waals surface area contributed by atoms with E-state index in [1.807, 2.05) is 44.7 Å². The van der Waals surface area contributed by atoms with Crippen molar-refractivity contribution in [2.45, 2.75) is 13.8 Å². The number of thiophene rings is 2. The summed E-state index contributed by atoms with van der Waals surface area (Å²) < 4.78 is -0.155. The number of hydrogen-bond donors (Lipinski definition) is 0. The largest absolute Gasteiger partial charge is 0.141 e. The number of hydrogen-bond acceptors (Lipinski definition) is 6. The first-order valence-electron chi connectivity index (χ1n) is 5.15. The molecule has 0 unspecified atom stereocenters. The molecular formula is C10H10P2S6. The standard InChI is InChI=1S/C10H10P2S6/c1-7-3-9(15-5-7)11(13)17-12(14,18-11)10-4-8(2)6-16-10/h3-6H,1-2H3. The van der Waals surface area contributed by atoms with Gasteiger partial charge < -0.3 is 0 Å². The van der Waals surface area contributed by atoms with E-state index in [0.29, 0.717) is 0 Å². The van der Waals surface area contributed by atoms with E-state index in [9.17, 15) is 0 Å². The van der Waals surface area contributed by atoms with E-state index >= 15 is 0 Å². The minimum atomic E-state index is -1.47. The zero-order chi connectivity index (χ0) is 13.0. The van der Waals surface area contributed by atoms with Gasteiger partial charge in [0, 0.05) is 0 Å². The fraction of sp³-hybridized carbons (Fsp3) is 0.200. The summed E-state index contributed by atoms with van der Waals surface area (Å²) in [6, 6.07) is 4.51. The Kier molecular flexibility index (Phi) is 3.98. The topological polar surface area (TPSA) is 0 Å². The highest BCUT2D eigenvalue weighted by atomic mass is 33.7. The predicted octanol–water partition coefficient (Wildman–Crippen LogP) is 5.48. The molecule has 18 heavy (non-hydrogen) atoms. The van der Waals surface area contributed by atoms with Crippen LogP contribution in [0.15, 0.2) is 22.9 Å². The van der Waals surface area contributed by atoms with Crippen molar-refractivity contribution in [3.8, 4) is 0 Å². The van der Waals surface area contributed by atoms with Crippen LogP contribution in [0.4, 0.5) is 0 Å². The Labute approximate surface area is 133 Å². The van der Waals surface area contributed by atoms with Crippen LogP contribution in [0.25, 0.3) is 0 Å². The van der Waals surface area contributed by atoms with E-state index in [2.05, 4.69) is 36.7 Å². The van der Waals surface area contributed by atoms with Crippen LogP contribution in [0.5, 0.6) is 0 Å². The molecular weight excluding hydrogens is 374 g/mol. The molecule has 3 rings (SSSR count). The van der Waals surface area contributed by atoms with Gasteiger partial charge in [-0.3, -0.25) is 0 Å². The van der Waals surface area contributed by atoms with Crippen LogP contribution >= 0.6 is 53.6 Å². The molecule has 0 N–H and O–H groups in total. The highest BCUT2D eigenvalue weighted by Gasteiger charge is 2.47. The zero-order valence-corrected chi connectivity index (χ0v) is 16.3. The van der Waals surface area contributed by atoms with Gasteiger partial charge in [-0.2, -0.15) is 0 Å². The summed E-state index contributed by atoms with van der Waals surface area (Å²) in [5, 5.41) is 4.39. The van der Waals surface area contributed by atoms with Crippen LogP contribution in [0.2, 0.25) is 0 Å². The second kappa shape index (κ2) is 4.99. The van der Waals surface area contributed by atoms with E-state index in [1.165, 1.54) is 20.4 Å². The van der Waals surface area contributed by atoms with Crippen molar-refractivity contribution in [2.24, 2.45) is 0 Å². The molecule has 1 aliphatic rings. The fourth-order valence-corrected chi connectivity index (χ4v) is 50.1. The minimum Gasteiger partial charge on any atom is -0.141 e. The van der Waals surface area contributed by atoms with Gasteiger partial charge in [-0.05, 0) is 47.9 Å². The normalized spacial score (nSPS) is 31.2. The third kappa shape index (κ3) is 2.48. The highest BCUT2D eigenvalue weighted by Crippen LogP contribution is 3.04. The predicted molar refractivity (Wildman–Crippen MR) is 101 cm³/mol. The van der Waals surface area contributed by atoms with Crippen molar-refractivity contribution >= 4 is 86.4 Å². The van der Waals surface area contributed by atoms with Gasteiger partial charge in [-0.1, -0.05) is 45.6 Å². The molecule has 2 aromatic heterocycles. The maximum Gasteiger partial charge on any atom is 0.106 e. The maximum atomic E-state index is 5.88. The van der Waals surface area contributed by atoms with Crippen LogP contribution in [-0.2, 0) is 23.6 Å². The van der Waals surface area contributed by atoms with Crippen LogP contribution in [0.3, 0.4) is 0 Å². The molecule has 0 bridgehead atoms. The first-order valence-corrected chi connectivity index (χ1v) is 16.6. The first kappa shape index (κ1) is 14.3. The zero-order valence-electron chi connectivity index (χ0n) is 9.65. The van der Waals surface area contributed by atoms with Gasteiger partial charge in [0.15, 0.2) is 0 Å². The molecule has 0 aliphatic carbocycles. The lowest BCUT2D eigenvalue weighted by atomic mass is 10.4. The highest BCUT2D eigenvalue weighted by molar-refractivity contribution is 9.48. The molecule has 1 fully saturated rings.